The van der Waals surface area contributed by atoms with E-state index in [9.17, 15) is 18.0 Å². The van der Waals surface area contributed by atoms with Gasteiger partial charge in [-0.3, -0.25) is 14.3 Å². The minimum atomic E-state index is -3.81. The Morgan fingerprint density at radius 1 is 1.11 bits per heavy atom. The largest absolute Gasteiger partial charge is 0.481 e. The summed E-state index contributed by atoms with van der Waals surface area (Å²) in [5, 5.41) is 11.4. The standard InChI is InChI=1S/C19H22N2O5S/c1-12-7-8-13(2)17(9-12)27(25,26)21-16-6-4-5-15(10-16)18(22)20-11-14(3)19(23)24/h4-10,14,21H,11H2,1-3H3,(H,20,22)(H,23,24). The van der Waals surface area contributed by atoms with E-state index in [4.69, 9.17) is 5.11 Å². The van der Waals surface area contributed by atoms with Crippen LogP contribution in [0.5, 0.6) is 0 Å². The summed E-state index contributed by atoms with van der Waals surface area (Å²) in [6.45, 7) is 4.98. The second-order valence-electron chi connectivity index (χ2n) is 6.40. The highest BCUT2D eigenvalue weighted by Crippen LogP contribution is 2.21. The van der Waals surface area contributed by atoms with E-state index in [0.29, 0.717) is 5.56 Å². The van der Waals surface area contributed by atoms with Crippen molar-refractivity contribution in [3.05, 3.63) is 59.2 Å². The lowest BCUT2D eigenvalue weighted by Gasteiger charge is -2.12. The Kier molecular flexibility index (Phi) is 6.22. The minimum Gasteiger partial charge on any atom is -0.481 e. The SMILES string of the molecule is Cc1ccc(C)c(S(=O)(=O)Nc2cccc(C(=O)NCC(C)C(=O)O)c2)c1. The minimum absolute atomic E-state index is 0.0212. The number of anilines is 1. The number of hydrogen-bond donors (Lipinski definition) is 3. The summed E-state index contributed by atoms with van der Waals surface area (Å²) in [6, 6.07) is 11.2. The average Bonchev–Trinajstić information content (AvgIpc) is 2.61. The third-order valence-corrected chi connectivity index (χ3v) is 5.52. The molecule has 2 aromatic rings. The first kappa shape index (κ1) is 20.4. The highest BCUT2D eigenvalue weighted by Gasteiger charge is 2.18. The van der Waals surface area contributed by atoms with E-state index in [1.165, 1.54) is 19.1 Å². The smallest absolute Gasteiger partial charge is 0.308 e. The number of carbonyl (C=O) groups is 2. The number of hydrogen-bond acceptors (Lipinski definition) is 4. The molecule has 0 saturated carbocycles. The molecule has 0 fully saturated rings. The van der Waals surface area contributed by atoms with Gasteiger partial charge in [0.25, 0.3) is 15.9 Å². The lowest BCUT2D eigenvalue weighted by atomic mass is 10.1. The van der Waals surface area contributed by atoms with Crippen LogP contribution in [0.2, 0.25) is 0 Å². The number of benzene rings is 2. The van der Waals surface area contributed by atoms with E-state index in [1.807, 2.05) is 13.0 Å². The molecule has 1 unspecified atom stereocenters. The van der Waals surface area contributed by atoms with Gasteiger partial charge >= 0.3 is 5.97 Å². The average molecular weight is 390 g/mol. The molecule has 3 N–H and O–H groups in total. The molecule has 0 spiro atoms. The summed E-state index contributed by atoms with van der Waals surface area (Å²) in [7, 11) is -3.81. The number of aryl methyl sites for hydroxylation is 2. The van der Waals surface area contributed by atoms with E-state index < -0.39 is 27.8 Å². The molecule has 0 heterocycles. The van der Waals surface area contributed by atoms with Gasteiger partial charge in [0.15, 0.2) is 0 Å². The number of sulfonamides is 1. The molecule has 0 aromatic heterocycles. The van der Waals surface area contributed by atoms with Crippen molar-refractivity contribution in [1.29, 1.82) is 0 Å². The van der Waals surface area contributed by atoms with Crippen molar-refractivity contribution in [2.75, 3.05) is 11.3 Å². The Morgan fingerprint density at radius 3 is 2.48 bits per heavy atom. The van der Waals surface area contributed by atoms with Gasteiger partial charge in [-0.1, -0.05) is 25.1 Å². The van der Waals surface area contributed by atoms with Crippen molar-refractivity contribution in [2.24, 2.45) is 5.92 Å². The molecule has 0 radical (unpaired) electrons. The lowest BCUT2D eigenvalue weighted by Crippen LogP contribution is -2.31. The van der Waals surface area contributed by atoms with Crippen molar-refractivity contribution in [3.63, 3.8) is 0 Å². The molecule has 0 aliphatic heterocycles. The summed E-state index contributed by atoms with van der Waals surface area (Å²) in [5.41, 5.74) is 1.91. The van der Waals surface area contributed by atoms with Gasteiger partial charge in [-0.2, -0.15) is 0 Å². The monoisotopic (exact) mass is 390 g/mol. The quantitative estimate of drug-likeness (QED) is 0.672. The van der Waals surface area contributed by atoms with E-state index >= 15 is 0 Å². The van der Waals surface area contributed by atoms with Crippen LogP contribution in [-0.2, 0) is 14.8 Å². The normalized spacial score (nSPS) is 12.3. The molecule has 1 atom stereocenters. The molecule has 1 amide bonds. The Labute approximate surface area is 158 Å². The van der Waals surface area contributed by atoms with Crippen molar-refractivity contribution < 1.29 is 23.1 Å². The van der Waals surface area contributed by atoms with Crippen molar-refractivity contribution in [3.8, 4) is 0 Å². The van der Waals surface area contributed by atoms with Crippen molar-refractivity contribution >= 4 is 27.6 Å². The van der Waals surface area contributed by atoms with E-state index in [-0.39, 0.29) is 22.7 Å². The summed E-state index contributed by atoms with van der Waals surface area (Å²) >= 11 is 0. The van der Waals surface area contributed by atoms with Gasteiger partial charge in [0.1, 0.15) is 0 Å². The number of rotatable bonds is 7. The molecular formula is C19H22N2O5S. The van der Waals surface area contributed by atoms with Crippen LogP contribution in [0.3, 0.4) is 0 Å². The van der Waals surface area contributed by atoms with Gasteiger partial charge in [-0.05, 0) is 49.2 Å². The molecule has 8 heteroatoms. The molecule has 27 heavy (non-hydrogen) atoms. The number of nitrogens with one attached hydrogen (secondary N) is 2. The number of carboxylic acid groups (broad SMARTS) is 1. The zero-order valence-electron chi connectivity index (χ0n) is 15.3. The summed E-state index contributed by atoms with van der Waals surface area (Å²) in [4.78, 5) is 23.2. The van der Waals surface area contributed by atoms with E-state index in [2.05, 4.69) is 10.0 Å². The molecule has 2 aromatic carbocycles. The number of carbonyl (C=O) groups excluding carboxylic acids is 1. The third-order valence-electron chi connectivity index (χ3n) is 4.00. The van der Waals surface area contributed by atoms with Crippen LogP contribution >= 0.6 is 0 Å². The first-order valence-electron chi connectivity index (χ1n) is 8.31. The Bertz CT molecular complexity index is 970. The number of carboxylic acids is 1. The maximum Gasteiger partial charge on any atom is 0.308 e. The maximum absolute atomic E-state index is 12.7. The first-order valence-corrected chi connectivity index (χ1v) is 9.79. The van der Waals surface area contributed by atoms with Gasteiger partial charge < -0.3 is 10.4 Å². The first-order chi connectivity index (χ1) is 12.6. The predicted molar refractivity (Wildman–Crippen MR) is 102 cm³/mol. The fraction of sp³-hybridized carbons (Fsp3) is 0.263. The number of aliphatic carboxylic acids is 1. The van der Waals surface area contributed by atoms with Crippen molar-refractivity contribution in [2.45, 2.75) is 25.7 Å². The fourth-order valence-corrected chi connectivity index (χ4v) is 3.75. The third kappa shape index (κ3) is 5.30. The maximum atomic E-state index is 12.7. The summed E-state index contributed by atoms with van der Waals surface area (Å²) in [6.07, 6.45) is 0. The topological polar surface area (TPSA) is 113 Å². The predicted octanol–water partition coefficient (Wildman–Crippen LogP) is 2.55. The molecule has 7 nitrogen and oxygen atoms in total. The van der Waals surface area contributed by atoms with E-state index in [0.717, 1.165) is 5.56 Å². The van der Waals surface area contributed by atoms with Crippen LogP contribution in [0.1, 0.15) is 28.4 Å². The van der Waals surface area contributed by atoms with Crippen LogP contribution < -0.4 is 10.0 Å². The second-order valence-corrected chi connectivity index (χ2v) is 8.06. The molecule has 2 rings (SSSR count). The Balaban J connectivity index is 2.18. The van der Waals surface area contributed by atoms with Gasteiger partial charge in [0.05, 0.1) is 10.8 Å². The summed E-state index contributed by atoms with van der Waals surface area (Å²) in [5.74, 6) is -2.21. The summed E-state index contributed by atoms with van der Waals surface area (Å²) < 4.78 is 27.8. The lowest BCUT2D eigenvalue weighted by molar-refractivity contribution is -0.140. The van der Waals surface area contributed by atoms with Crippen LogP contribution in [0, 0.1) is 19.8 Å². The second kappa shape index (κ2) is 8.22. The van der Waals surface area contributed by atoms with Gasteiger partial charge in [-0.15, -0.1) is 0 Å². The molecular weight excluding hydrogens is 368 g/mol. The highest BCUT2D eigenvalue weighted by molar-refractivity contribution is 7.92. The molecule has 0 aliphatic rings. The van der Waals surface area contributed by atoms with Crippen LogP contribution in [0.25, 0.3) is 0 Å². The van der Waals surface area contributed by atoms with Gasteiger partial charge in [0.2, 0.25) is 0 Å². The highest BCUT2D eigenvalue weighted by atomic mass is 32.2. The fourth-order valence-electron chi connectivity index (χ4n) is 2.37. The molecule has 0 saturated heterocycles. The van der Waals surface area contributed by atoms with E-state index in [1.54, 1.807) is 31.2 Å². The van der Waals surface area contributed by atoms with Gasteiger partial charge in [-0.25, -0.2) is 8.42 Å². The number of amides is 1. The zero-order chi connectivity index (χ0) is 20.2. The van der Waals surface area contributed by atoms with Crippen LogP contribution in [-0.4, -0.2) is 31.9 Å². The zero-order valence-corrected chi connectivity index (χ0v) is 16.1. The van der Waals surface area contributed by atoms with Crippen LogP contribution in [0.4, 0.5) is 5.69 Å². The molecule has 0 bridgehead atoms. The molecule has 0 aliphatic carbocycles. The van der Waals surface area contributed by atoms with Gasteiger partial charge in [0, 0.05) is 17.8 Å². The molecule has 144 valence electrons. The van der Waals surface area contributed by atoms with Crippen molar-refractivity contribution in [1.82, 2.24) is 5.32 Å². The Hall–Kier alpha value is -2.87. The Morgan fingerprint density at radius 2 is 1.81 bits per heavy atom. The van der Waals surface area contributed by atoms with Crippen LogP contribution in [0.15, 0.2) is 47.4 Å².